The zero-order valence-corrected chi connectivity index (χ0v) is 13.4. The minimum Gasteiger partial charge on any atom is -0.492 e. The number of aryl methyl sites for hydroxylation is 2. The van der Waals surface area contributed by atoms with Crippen molar-refractivity contribution in [1.29, 1.82) is 0 Å². The van der Waals surface area contributed by atoms with Gasteiger partial charge in [0.25, 0.3) is 0 Å². The second-order valence-corrected chi connectivity index (χ2v) is 5.82. The summed E-state index contributed by atoms with van der Waals surface area (Å²) < 4.78 is 5.89. The predicted octanol–water partition coefficient (Wildman–Crippen LogP) is 4.07. The molecule has 2 aromatic carbocycles. The van der Waals surface area contributed by atoms with E-state index < -0.39 is 0 Å². The Bertz CT molecular complexity index is 551. The van der Waals surface area contributed by atoms with Crippen LogP contribution in [0.25, 0.3) is 0 Å². The van der Waals surface area contributed by atoms with Crippen molar-refractivity contribution in [3.8, 4) is 5.75 Å². The molecule has 0 aliphatic carbocycles. The van der Waals surface area contributed by atoms with Crippen molar-refractivity contribution < 1.29 is 4.74 Å². The van der Waals surface area contributed by atoms with Gasteiger partial charge in [-0.2, -0.15) is 0 Å². The van der Waals surface area contributed by atoms with Gasteiger partial charge in [-0.15, -0.1) is 0 Å². The first-order chi connectivity index (χ1) is 10.1. The molecule has 0 atom stereocenters. The molecule has 2 nitrogen and oxygen atoms in total. The van der Waals surface area contributed by atoms with Crippen LogP contribution >= 0.6 is 11.6 Å². The van der Waals surface area contributed by atoms with E-state index in [2.05, 4.69) is 43.3 Å². The SMILES string of the molecule is CN(C)CCOc1ccccc1CCc1ccc(Cl)cc1. The van der Waals surface area contributed by atoms with E-state index in [4.69, 9.17) is 16.3 Å². The molecule has 0 aromatic heterocycles. The van der Waals surface area contributed by atoms with E-state index in [1.54, 1.807) is 0 Å². The van der Waals surface area contributed by atoms with E-state index in [0.717, 1.165) is 30.2 Å². The van der Waals surface area contributed by atoms with Crippen LogP contribution in [0.15, 0.2) is 48.5 Å². The molecule has 0 N–H and O–H groups in total. The molecule has 0 aliphatic heterocycles. The summed E-state index contributed by atoms with van der Waals surface area (Å²) in [4.78, 5) is 2.12. The van der Waals surface area contributed by atoms with Gasteiger partial charge < -0.3 is 9.64 Å². The van der Waals surface area contributed by atoms with Crippen LogP contribution in [0.2, 0.25) is 5.02 Å². The smallest absolute Gasteiger partial charge is 0.122 e. The van der Waals surface area contributed by atoms with Crippen molar-refractivity contribution in [3.05, 3.63) is 64.7 Å². The summed E-state index contributed by atoms with van der Waals surface area (Å²) in [5.41, 5.74) is 2.55. The topological polar surface area (TPSA) is 12.5 Å². The fourth-order valence-corrected chi connectivity index (χ4v) is 2.25. The Labute approximate surface area is 132 Å². The molecule has 0 saturated carbocycles. The molecule has 21 heavy (non-hydrogen) atoms. The molecule has 0 bridgehead atoms. The van der Waals surface area contributed by atoms with Crippen LogP contribution in [-0.4, -0.2) is 32.1 Å². The zero-order chi connectivity index (χ0) is 15.1. The van der Waals surface area contributed by atoms with Gasteiger partial charge in [0, 0.05) is 11.6 Å². The molecule has 2 rings (SSSR count). The third-order valence-corrected chi connectivity index (χ3v) is 3.62. The lowest BCUT2D eigenvalue weighted by Gasteiger charge is -2.14. The highest BCUT2D eigenvalue weighted by atomic mass is 35.5. The van der Waals surface area contributed by atoms with Crippen molar-refractivity contribution >= 4 is 11.6 Å². The lowest BCUT2D eigenvalue weighted by Crippen LogP contribution is -2.19. The van der Waals surface area contributed by atoms with Gasteiger partial charge >= 0.3 is 0 Å². The van der Waals surface area contributed by atoms with Gasteiger partial charge in [-0.05, 0) is 56.3 Å². The van der Waals surface area contributed by atoms with E-state index >= 15 is 0 Å². The minimum absolute atomic E-state index is 0.713. The maximum Gasteiger partial charge on any atom is 0.122 e. The molecule has 0 aliphatic rings. The molecule has 3 heteroatoms. The lowest BCUT2D eigenvalue weighted by atomic mass is 10.0. The second-order valence-electron chi connectivity index (χ2n) is 5.39. The standard InChI is InChI=1S/C18H22ClNO/c1-20(2)13-14-21-18-6-4-3-5-16(18)10-7-15-8-11-17(19)12-9-15/h3-6,8-9,11-12H,7,10,13-14H2,1-2H3. The van der Waals surface area contributed by atoms with Gasteiger partial charge in [-0.3, -0.25) is 0 Å². The normalized spacial score (nSPS) is 10.9. The van der Waals surface area contributed by atoms with E-state index in [-0.39, 0.29) is 0 Å². The van der Waals surface area contributed by atoms with Crippen LogP contribution in [0.3, 0.4) is 0 Å². The van der Waals surface area contributed by atoms with Gasteiger partial charge in [0.05, 0.1) is 0 Å². The average Bonchev–Trinajstić information content (AvgIpc) is 2.47. The van der Waals surface area contributed by atoms with Crippen molar-refractivity contribution in [2.24, 2.45) is 0 Å². The highest BCUT2D eigenvalue weighted by molar-refractivity contribution is 6.30. The fraction of sp³-hybridized carbons (Fsp3) is 0.333. The number of nitrogens with zero attached hydrogens (tertiary/aromatic N) is 1. The Morgan fingerprint density at radius 1 is 0.952 bits per heavy atom. The van der Waals surface area contributed by atoms with E-state index in [0.29, 0.717) is 6.61 Å². The van der Waals surface area contributed by atoms with Crippen LogP contribution in [0.5, 0.6) is 5.75 Å². The van der Waals surface area contributed by atoms with Gasteiger partial charge in [-0.25, -0.2) is 0 Å². The maximum absolute atomic E-state index is 5.91. The average molecular weight is 304 g/mol. The molecule has 0 radical (unpaired) electrons. The maximum atomic E-state index is 5.91. The van der Waals surface area contributed by atoms with Gasteiger partial charge in [0.1, 0.15) is 12.4 Å². The quantitative estimate of drug-likeness (QED) is 0.764. The Balaban J connectivity index is 1.94. The van der Waals surface area contributed by atoms with E-state index in [1.165, 1.54) is 11.1 Å². The third-order valence-electron chi connectivity index (χ3n) is 3.36. The Morgan fingerprint density at radius 2 is 1.67 bits per heavy atom. The Morgan fingerprint density at radius 3 is 2.38 bits per heavy atom. The number of hydrogen-bond donors (Lipinski definition) is 0. The van der Waals surface area contributed by atoms with Crippen molar-refractivity contribution in [3.63, 3.8) is 0 Å². The number of likely N-dealkylation sites (N-methyl/N-ethyl adjacent to an activating group) is 1. The number of halogens is 1. The van der Waals surface area contributed by atoms with E-state index in [9.17, 15) is 0 Å². The number of para-hydroxylation sites is 1. The predicted molar refractivity (Wildman–Crippen MR) is 89.4 cm³/mol. The molecule has 0 unspecified atom stereocenters. The summed E-state index contributed by atoms with van der Waals surface area (Å²) in [5, 5.41) is 0.783. The number of ether oxygens (including phenoxy) is 1. The molecule has 0 saturated heterocycles. The largest absolute Gasteiger partial charge is 0.492 e. The molecule has 0 fully saturated rings. The minimum atomic E-state index is 0.713. The monoisotopic (exact) mass is 303 g/mol. The van der Waals surface area contributed by atoms with Gasteiger partial charge in [0.15, 0.2) is 0 Å². The van der Waals surface area contributed by atoms with Crippen LogP contribution < -0.4 is 4.74 Å². The van der Waals surface area contributed by atoms with Crippen molar-refractivity contribution in [2.45, 2.75) is 12.8 Å². The van der Waals surface area contributed by atoms with Crippen LogP contribution in [0.4, 0.5) is 0 Å². The summed E-state index contributed by atoms with van der Waals surface area (Å²) in [6, 6.07) is 16.3. The van der Waals surface area contributed by atoms with Crippen LogP contribution in [-0.2, 0) is 12.8 Å². The molecule has 2 aromatic rings. The first kappa shape index (κ1) is 15.9. The van der Waals surface area contributed by atoms with Crippen LogP contribution in [0, 0.1) is 0 Å². The summed E-state index contributed by atoms with van der Waals surface area (Å²) in [7, 11) is 4.10. The first-order valence-electron chi connectivity index (χ1n) is 7.25. The second kappa shape index (κ2) is 8.06. The highest BCUT2D eigenvalue weighted by Gasteiger charge is 2.04. The molecule has 112 valence electrons. The fourth-order valence-electron chi connectivity index (χ4n) is 2.12. The summed E-state index contributed by atoms with van der Waals surface area (Å²) in [6.45, 7) is 1.64. The number of benzene rings is 2. The zero-order valence-electron chi connectivity index (χ0n) is 12.7. The summed E-state index contributed by atoms with van der Waals surface area (Å²) in [6.07, 6.45) is 1.96. The Kier molecular flexibility index (Phi) is 6.09. The van der Waals surface area contributed by atoms with Crippen molar-refractivity contribution in [1.82, 2.24) is 4.90 Å². The van der Waals surface area contributed by atoms with Gasteiger partial charge in [0.2, 0.25) is 0 Å². The van der Waals surface area contributed by atoms with Crippen LogP contribution in [0.1, 0.15) is 11.1 Å². The third kappa shape index (κ3) is 5.41. The number of rotatable bonds is 7. The summed E-state index contributed by atoms with van der Waals surface area (Å²) >= 11 is 5.91. The highest BCUT2D eigenvalue weighted by Crippen LogP contribution is 2.20. The first-order valence-corrected chi connectivity index (χ1v) is 7.63. The molecule has 0 amide bonds. The molecule has 0 spiro atoms. The molecular weight excluding hydrogens is 282 g/mol. The van der Waals surface area contributed by atoms with Gasteiger partial charge in [-0.1, -0.05) is 41.9 Å². The Hall–Kier alpha value is -1.51. The van der Waals surface area contributed by atoms with Crippen molar-refractivity contribution in [2.75, 3.05) is 27.2 Å². The summed E-state index contributed by atoms with van der Waals surface area (Å²) in [5.74, 6) is 0.994. The molecule has 0 heterocycles. The van der Waals surface area contributed by atoms with E-state index in [1.807, 2.05) is 24.3 Å². The lowest BCUT2D eigenvalue weighted by molar-refractivity contribution is 0.259. The molecular formula is C18H22ClNO. The number of hydrogen-bond acceptors (Lipinski definition) is 2.